The van der Waals surface area contributed by atoms with Gasteiger partial charge in [-0.25, -0.2) is 0 Å². The molecule has 1 aromatic carbocycles. The Morgan fingerprint density at radius 2 is 1.82 bits per heavy atom. The maximum Gasteiger partial charge on any atom is 0.335 e. The normalized spacial score (nSPS) is 11.7. The zero-order valence-corrected chi connectivity index (χ0v) is 11.4. The first kappa shape index (κ1) is 14.2. The van der Waals surface area contributed by atoms with Crippen LogP contribution in [0, 0.1) is 6.92 Å². The van der Waals surface area contributed by atoms with Gasteiger partial charge in [0.25, 0.3) is 0 Å². The molecule has 0 spiro atoms. The van der Waals surface area contributed by atoms with E-state index in [2.05, 4.69) is 0 Å². The standard InChI is InChI=1S/C12H19O4P/c1-4-15-17(14,16-5-2)9-11-7-6-8-12(13)10(11)3/h6-8,13H,4-5,9H2,1-3H3. The summed E-state index contributed by atoms with van der Waals surface area (Å²) >= 11 is 0. The van der Waals surface area contributed by atoms with E-state index < -0.39 is 7.60 Å². The molecule has 0 fully saturated rings. The van der Waals surface area contributed by atoms with Crippen LogP contribution in [0.5, 0.6) is 5.75 Å². The van der Waals surface area contributed by atoms with Crippen molar-refractivity contribution in [2.75, 3.05) is 13.2 Å². The van der Waals surface area contributed by atoms with E-state index in [1.165, 1.54) is 0 Å². The Balaban J connectivity index is 2.93. The molecule has 0 bridgehead atoms. The molecule has 0 radical (unpaired) electrons. The minimum Gasteiger partial charge on any atom is -0.508 e. The summed E-state index contributed by atoms with van der Waals surface area (Å²) < 4.78 is 22.8. The van der Waals surface area contributed by atoms with Crippen LogP contribution in [0.25, 0.3) is 0 Å². The fourth-order valence-electron chi connectivity index (χ4n) is 1.57. The molecule has 0 aliphatic heterocycles. The van der Waals surface area contributed by atoms with Crippen LogP contribution >= 0.6 is 7.60 Å². The molecule has 5 heteroatoms. The van der Waals surface area contributed by atoms with Gasteiger partial charge in [-0.3, -0.25) is 4.57 Å². The Hall–Kier alpha value is -0.830. The maximum atomic E-state index is 12.3. The molecule has 0 heterocycles. The largest absolute Gasteiger partial charge is 0.508 e. The van der Waals surface area contributed by atoms with Gasteiger partial charge in [0, 0.05) is 0 Å². The van der Waals surface area contributed by atoms with E-state index in [9.17, 15) is 9.67 Å². The fraction of sp³-hybridized carbons (Fsp3) is 0.500. The van der Waals surface area contributed by atoms with E-state index >= 15 is 0 Å². The Kier molecular flexibility index (Phi) is 5.19. The number of phenolic OH excluding ortho intramolecular Hbond substituents is 1. The highest BCUT2D eigenvalue weighted by Gasteiger charge is 2.25. The number of hydrogen-bond donors (Lipinski definition) is 1. The monoisotopic (exact) mass is 258 g/mol. The molecule has 0 amide bonds. The quantitative estimate of drug-likeness (QED) is 0.794. The van der Waals surface area contributed by atoms with Crippen molar-refractivity contribution < 1.29 is 18.7 Å². The molecule has 96 valence electrons. The van der Waals surface area contributed by atoms with Gasteiger partial charge < -0.3 is 14.2 Å². The molecule has 0 unspecified atom stereocenters. The second-order valence-electron chi connectivity index (χ2n) is 3.67. The number of aromatic hydroxyl groups is 1. The van der Waals surface area contributed by atoms with Gasteiger partial charge in [0.1, 0.15) is 5.75 Å². The van der Waals surface area contributed by atoms with Crippen molar-refractivity contribution >= 4 is 7.60 Å². The van der Waals surface area contributed by atoms with E-state index in [1.807, 2.05) is 6.07 Å². The fourth-order valence-corrected chi connectivity index (χ4v) is 3.38. The van der Waals surface area contributed by atoms with E-state index in [0.29, 0.717) is 18.8 Å². The molecule has 1 aromatic rings. The van der Waals surface area contributed by atoms with E-state index in [0.717, 1.165) is 5.56 Å². The Bertz CT molecular complexity index is 407. The number of benzene rings is 1. The van der Waals surface area contributed by atoms with Crippen molar-refractivity contribution in [2.24, 2.45) is 0 Å². The van der Waals surface area contributed by atoms with Crippen LogP contribution in [-0.2, 0) is 19.8 Å². The Labute approximate surface area is 102 Å². The summed E-state index contributed by atoms with van der Waals surface area (Å²) in [4.78, 5) is 0. The first-order chi connectivity index (χ1) is 8.02. The van der Waals surface area contributed by atoms with Gasteiger partial charge in [0.2, 0.25) is 0 Å². The van der Waals surface area contributed by atoms with Gasteiger partial charge in [-0.15, -0.1) is 0 Å². The molecule has 17 heavy (non-hydrogen) atoms. The number of rotatable bonds is 6. The minimum atomic E-state index is -3.10. The van der Waals surface area contributed by atoms with Gasteiger partial charge in [-0.05, 0) is 38.0 Å². The lowest BCUT2D eigenvalue weighted by Crippen LogP contribution is -2.00. The molecule has 0 aromatic heterocycles. The van der Waals surface area contributed by atoms with E-state index in [4.69, 9.17) is 9.05 Å². The van der Waals surface area contributed by atoms with Crippen LogP contribution in [0.2, 0.25) is 0 Å². The zero-order chi connectivity index (χ0) is 12.9. The molecule has 0 atom stereocenters. The lowest BCUT2D eigenvalue weighted by Gasteiger charge is -2.18. The van der Waals surface area contributed by atoms with Crippen molar-refractivity contribution in [1.82, 2.24) is 0 Å². The third-order valence-corrected chi connectivity index (χ3v) is 4.46. The Morgan fingerprint density at radius 1 is 1.24 bits per heavy atom. The predicted octanol–water partition coefficient (Wildman–Crippen LogP) is 3.47. The van der Waals surface area contributed by atoms with Gasteiger partial charge in [-0.1, -0.05) is 12.1 Å². The van der Waals surface area contributed by atoms with Crippen molar-refractivity contribution in [2.45, 2.75) is 26.9 Å². The SMILES string of the molecule is CCOP(=O)(Cc1cccc(O)c1C)OCC. The van der Waals surface area contributed by atoms with Crippen LogP contribution in [0.4, 0.5) is 0 Å². The van der Waals surface area contributed by atoms with E-state index in [-0.39, 0.29) is 11.9 Å². The molecule has 0 saturated carbocycles. The van der Waals surface area contributed by atoms with Crippen molar-refractivity contribution in [3.05, 3.63) is 29.3 Å². The average Bonchev–Trinajstić information content (AvgIpc) is 2.25. The molecule has 0 aliphatic carbocycles. The smallest absolute Gasteiger partial charge is 0.335 e. The first-order valence-corrected chi connectivity index (χ1v) is 7.40. The third kappa shape index (κ3) is 3.84. The lowest BCUT2D eigenvalue weighted by atomic mass is 10.1. The van der Waals surface area contributed by atoms with E-state index in [1.54, 1.807) is 32.9 Å². The molecule has 0 aliphatic rings. The lowest BCUT2D eigenvalue weighted by molar-refractivity contribution is 0.219. The molecule has 1 rings (SSSR count). The van der Waals surface area contributed by atoms with Crippen LogP contribution in [0.3, 0.4) is 0 Å². The van der Waals surface area contributed by atoms with Crippen LogP contribution in [0.1, 0.15) is 25.0 Å². The summed E-state index contributed by atoms with van der Waals surface area (Å²) in [5, 5.41) is 9.59. The van der Waals surface area contributed by atoms with Crippen molar-refractivity contribution in [3.8, 4) is 5.75 Å². The highest BCUT2D eigenvalue weighted by Crippen LogP contribution is 2.51. The summed E-state index contributed by atoms with van der Waals surface area (Å²) in [6.45, 7) is 6.03. The summed E-state index contributed by atoms with van der Waals surface area (Å²) in [5.74, 6) is 0.196. The summed E-state index contributed by atoms with van der Waals surface area (Å²) in [7, 11) is -3.10. The highest BCUT2D eigenvalue weighted by atomic mass is 31.2. The molecular formula is C12H19O4P. The predicted molar refractivity (Wildman–Crippen MR) is 67.4 cm³/mol. The van der Waals surface area contributed by atoms with Crippen molar-refractivity contribution in [3.63, 3.8) is 0 Å². The van der Waals surface area contributed by atoms with Crippen molar-refractivity contribution in [1.29, 1.82) is 0 Å². The maximum absolute atomic E-state index is 12.3. The van der Waals surface area contributed by atoms with Gasteiger partial charge in [-0.2, -0.15) is 0 Å². The van der Waals surface area contributed by atoms with Crippen LogP contribution in [0.15, 0.2) is 18.2 Å². The number of hydrogen-bond acceptors (Lipinski definition) is 4. The summed E-state index contributed by atoms with van der Waals surface area (Å²) in [6, 6.07) is 5.14. The molecule has 1 N–H and O–H groups in total. The molecule has 0 saturated heterocycles. The summed E-state index contributed by atoms with van der Waals surface area (Å²) in [6.07, 6.45) is 0.189. The molecular weight excluding hydrogens is 239 g/mol. The highest BCUT2D eigenvalue weighted by molar-refractivity contribution is 7.53. The second-order valence-corrected chi connectivity index (χ2v) is 5.72. The molecule has 4 nitrogen and oxygen atoms in total. The van der Waals surface area contributed by atoms with Gasteiger partial charge in [0.15, 0.2) is 0 Å². The van der Waals surface area contributed by atoms with Gasteiger partial charge >= 0.3 is 7.60 Å². The average molecular weight is 258 g/mol. The van der Waals surface area contributed by atoms with Crippen LogP contribution < -0.4 is 0 Å². The first-order valence-electron chi connectivity index (χ1n) is 5.68. The number of phenols is 1. The zero-order valence-electron chi connectivity index (χ0n) is 10.5. The second kappa shape index (κ2) is 6.20. The van der Waals surface area contributed by atoms with Crippen LogP contribution in [-0.4, -0.2) is 18.3 Å². The van der Waals surface area contributed by atoms with Gasteiger partial charge in [0.05, 0.1) is 19.4 Å². The summed E-state index contributed by atoms with van der Waals surface area (Å²) in [5.41, 5.74) is 1.50. The minimum absolute atomic E-state index is 0.189. The Morgan fingerprint density at radius 3 is 2.35 bits per heavy atom. The third-order valence-electron chi connectivity index (χ3n) is 2.43. The topological polar surface area (TPSA) is 55.8 Å².